The predicted molar refractivity (Wildman–Crippen MR) is 89.0 cm³/mol. The fourth-order valence-electron chi connectivity index (χ4n) is 2.23. The van der Waals surface area contributed by atoms with Crippen molar-refractivity contribution in [1.82, 2.24) is 5.32 Å². The molecule has 0 aromatic heterocycles. The molecule has 0 aliphatic carbocycles. The molecule has 2 rings (SSSR count). The summed E-state index contributed by atoms with van der Waals surface area (Å²) < 4.78 is 0. The van der Waals surface area contributed by atoms with Crippen molar-refractivity contribution in [3.63, 3.8) is 0 Å². The van der Waals surface area contributed by atoms with Crippen LogP contribution in [0, 0.1) is 0 Å². The van der Waals surface area contributed by atoms with Gasteiger partial charge in [0.1, 0.15) is 0 Å². The van der Waals surface area contributed by atoms with Crippen molar-refractivity contribution in [3.8, 4) is 0 Å². The lowest BCUT2D eigenvalue weighted by Gasteiger charge is -2.18. The lowest BCUT2D eigenvalue weighted by Crippen LogP contribution is -2.32. The lowest BCUT2D eigenvalue weighted by atomic mass is 10.1. The molecule has 0 radical (unpaired) electrons. The summed E-state index contributed by atoms with van der Waals surface area (Å²) in [6, 6.07) is 15.7. The number of rotatable bonds is 6. The zero-order valence-electron chi connectivity index (χ0n) is 11.9. The van der Waals surface area contributed by atoms with Crippen LogP contribution < -0.4 is 5.32 Å². The summed E-state index contributed by atoms with van der Waals surface area (Å²) in [4.78, 5) is 0. The molecule has 0 aliphatic rings. The Morgan fingerprint density at radius 1 is 1.10 bits per heavy atom. The summed E-state index contributed by atoms with van der Waals surface area (Å²) in [7, 11) is 0. The second-order valence-electron chi connectivity index (χ2n) is 5.18. The highest BCUT2D eigenvalue weighted by Crippen LogP contribution is 2.26. The number of benzene rings is 2. The Morgan fingerprint density at radius 2 is 1.81 bits per heavy atom. The molecule has 2 N–H and O–H groups in total. The quantitative estimate of drug-likeness (QED) is 0.833. The largest absolute Gasteiger partial charge is 0.387 e. The van der Waals surface area contributed by atoms with Gasteiger partial charge in [-0.1, -0.05) is 53.5 Å². The second-order valence-corrected chi connectivity index (χ2v) is 6.02. The molecule has 0 heterocycles. The molecule has 2 atom stereocenters. The van der Waals surface area contributed by atoms with Crippen LogP contribution in [0.1, 0.15) is 24.2 Å². The van der Waals surface area contributed by atoms with E-state index in [-0.39, 0.29) is 6.04 Å². The van der Waals surface area contributed by atoms with Gasteiger partial charge in [-0.2, -0.15) is 0 Å². The normalized spacial score (nSPS) is 13.9. The molecule has 2 unspecified atom stereocenters. The topological polar surface area (TPSA) is 32.3 Å². The van der Waals surface area contributed by atoms with Crippen molar-refractivity contribution in [3.05, 3.63) is 69.7 Å². The minimum absolute atomic E-state index is 0.264. The van der Waals surface area contributed by atoms with Crippen LogP contribution >= 0.6 is 23.2 Å². The number of aliphatic hydroxyl groups is 1. The average Bonchev–Trinajstić information content (AvgIpc) is 2.48. The number of nitrogens with one attached hydrogen (secondary N) is 1. The van der Waals surface area contributed by atoms with Gasteiger partial charge in [0, 0.05) is 28.2 Å². The summed E-state index contributed by atoms with van der Waals surface area (Å²) in [5.74, 6) is 0. The number of halogens is 2. The SMILES string of the molecule is CC(Cc1ccccc1)NCC(O)c1cc(Cl)ccc1Cl. The molecule has 0 aliphatic heterocycles. The van der Waals surface area contributed by atoms with Gasteiger partial charge in [0.15, 0.2) is 0 Å². The molecule has 2 aromatic rings. The van der Waals surface area contributed by atoms with Gasteiger partial charge >= 0.3 is 0 Å². The van der Waals surface area contributed by atoms with Crippen molar-refractivity contribution in [2.45, 2.75) is 25.5 Å². The Labute approximate surface area is 135 Å². The molecular weight excluding hydrogens is 305 g/mol. The van der Waals surface area contributed by atoms with Crippen LogP contribution in [0.4, 0.5) is 0 Å². The highest BCUT2D eigenvalue weighted by atomic mass is 35.5. The van der Waals surface area contributed by atoms with E-state index in [1.165, 1.54) is 5.56 Å². The van der Waals surface area contributed by atoms with Gasteiger partial charge < -0.3 is 10.4 Å². The smallest absolute Gasteiger partial charge is 0.0929 e. The third-order valence-electron chi connectivity index (χ3n) is 3.36. The molecule has 0 spiro atoms. The second kappa shape index (κ2) is 7.81. The Morgan fingerprint density at radius 3 is 2.52 bits per heavy atom. The van der Waals surface area contributed by atoms with E-state index < -0.39 is 6.10 Å². The van der Waals surface area contributed by atoms with Gasteiger partial charge in [-0.15, -0.1) is 0 Å². The summed E-state index contributed by atoms with van der Waals surface area (Å²) in [5.41, 5.74) is 1.93. The van der Waals surface area contributed by atoms with Crippen LogP contribution in [0.15, 0.2) is 48.5 Å². The minimum Gasteiger partial charge on any atom is -0.387 e. The van der Waals surface area contributed by atoms with E-state index in [9.17, 15) is 5.11 Å². The van der Waals surface area contributed by atoms with Crippen molar-refractivity contribution < 1.29 is 5.11 Å². The highest BCUT2D eigenvalue weighted by Gasteiger charge is 2.13. The van der Waals surface area contributed by atoms with Crippen molar-refractivity contribution in [2.24, 2.45) is 0 Å². The summed E-state index contributed by atoms with van der Waals surface area (Å²) in [6.45, 7) is 2.54. The van der Waals surface area contributed by atoms with E-state index in [0.717, 1.165) is 6.42 Å². The first-order valence-corrected chi connectivity index (χ1v) is 7.72. The third kappa shape index (κ3) is 5.01. The van der Waals surface area contributed by atoms with Gasteiger partial charge in [-0.3, -0.25) is 0 Å². The molecule has 2 aromatic carbocycles. The Hall–Kier alpha value is -1.06. The Balaban J connectivity index is 1.88. The molecule has 0 amide bonds. The summed E-state index contributed by atoms with van der Waals surface area (Å²) in [6.07, 6.45) is 0.242. The predicted octanol–water partition coefficient (Wildman–Crippen LogP) is 4.25. The van der Waals surface area contributed by atoms with Gasteiger partial charge in [0.25, 0.3) is 0 Å². The molecule has 21 heavy (non-hydrogen) atoms. The fourth-order valence-corrected chi connectivity index (χ4v) is 2.66. The molecule has 0 bridgehead atoms. The summed E-state index contributed by atoms with van der Waals surface area (Å²) in [5, 5.41) is 14.7. The number of hydrogen-bond donors (Lipinski definition) is 2. The monoisotopic (exact) mass is 323 g/mol. The maximum atomic E-state index is 10.2. The molecular formula is C17H19Cl2NO. The van der Waals surface area contributed by atoms with Gasteiger partial charge in [-0.05, 0) is 37.1 Å². The van der Waals surface area contributed by atoms with E-state index in [4.69, 9.17) is 23.2 Å². The van der Waals surface area contributed by atoms with Crippen LogP contribution in [0.2, 0.25) is 10.0 Å². The molecule has 4 heteroatoms. The van der Waals surface area contributed by atoms with E-state index in [0.29, 0.717) is 22.2 Å². The van der Waals surface area contributed by atoms with Crippen LogP contribution in [0.3, 0.4) is 0 Å². The fraction of sp³-hybridized carbons (Fsp3) is 0.294. The highest BCUT2D eigenvalue weighted by molar-refractivity contribution is 6.33. The number of hydrogen-bond acceptors (Lipinski definition) is 2. The zero-order chi connectivity index (χ0) is 15.2. The standard InChI is InChI=1S/C17H19Cl2NO/c1-12(9-13-5-3-2-4-6-13)20-11-17(21)15-10-14(18)7-8-16(15)19/h2-8,10,12,17,20-21H,9,11H2,1H3. The maximum Gasteiger partial charge on any atom is 0.0929 e. The minimum atomic E-state index is -0.672. The van der Waals surface area contributed by atoms with Crippen LogP contribution in [0.25, 0.3) is 0 Å². The first kappa shape index (κ1) is 16.3. The van der Waals surface area contributed by atoms with Crippen LogP contribution in [0.5, 0.6) is 0 Å². The Bertz CT molecular complexity index is 574. The van der Waals surface area contributed by atoms with Crippen molar-refractivity contribution >= 4 is 23.2 Å². The van der Waals surface area contributed by atoms with E-state index in [2.05, 4.69) is 24.4 Å². The maximum absolute atomic E-state index is 10.2. The molecule has 112 valence electrons. The van der Waals surface area contributed by atoms with Crippen LogP contribution in [-0.4, -0.2) is 17.7 Å². The molecule has 0 saturated carbocycles. The zero-order valence-corrected chi connectivity index (χ0v) is 13.4. The number of aliphatic hydroxyl groups excluding tert-OH is 1. The molecule has 0 fully saturated rings. The van der Waals surface area contributed by atoms with Crippen molar-refractivity contribution in [2.75, 3.05) is 6.54 Å². The van der Waals surface area contributed by atoms with Crippen molar-refractivity contribution in [1.29, 1.82) is 0 Å². The molecule has 2 nitrogen and oxygen atoms in total. The van der Waals surface area contributed by atoms with Gasteiger partial charge in [0.2, 0.25) is 0 Å². The Kier molecular flexibility index (Phi) is 6.07. The van der Waals surface area contributed by atoms with Gasteiger partial charge in [0.05, 0.1) is 6.10 Å². The van der Waals surface area contributed by atoms with E-state index >= 15 is 0 Å². The first-order chi connectivity index (χ1) is 10.1. The van der Waals surface area contributed by atoms with Crippen LogP contribution in [-0.2, 0) is 6.42 Å². The third-order valence-corrected chi connectivity index (χ3v) is 3.94. The average molecular weight is 324 g/mol. The van der Waals surface area contributed by atoms with E-state index in [1.807, 2.05) is 18.2 Å². The first-order valence-electron chi connectivity index (χ1n) is 6.96. The lowest BCUT2D eigenvalue weighted by molar-refractivity contribution is 0.170. The molecule has 0 saturated heterocycles. The van der Waals surface area contributed by atoms with Gasteiger partial charge in [-0.25, -0.2) is 0 Å². The van der Waals surface area contributed by atoms with E-state index in [1.54, 1.807) is 18.2 Å². The summed E-state index contributed by atoms with van der Waals surface area (Å²) >= 11 is 12.0.